The Bertz CT molecular complexity index is 582. The zero-order valence-electron chi connectivity index (χ0n) is 9.08. The van der Waals surface area contributed by atoms with Gasteiger partial charge in [-0.25, -0.2) is 4.79 Å². The summed E-state index contributed by atoms with van der Waals surface area (Å²) in [7, 11) is 0. The molecule has 0 atom stereocenters. The Kier molecular flexibility index (Phi) is 3.70. The number of rotatable bonds is 4. The Labute approximate surface area is 116 Å². The van der Waals surface area contributed by atoms with Crippen molar-refractivity contribution in [2.75, 3.05) is 0 Å². The molecule has 2 rings (SSSR count). The number of carboxylic acids is 1. The number of hydrogen-bond donors (Lipinski definition) is 2. The maximum absolute atomic E-state index is 11.1. The summed E-state index contributed by atoms with van der Waals surface area (Å²) in [5, 5.41) is 21.7. The Morgan fingerprint density at radius 1 is 1.44 bits per heavy atom. The SMILES string of the molecule is O=C(O)c1cccc(I)c1COc1ccn(O)n1. The highest BCUT2D eigenvalue weighted by Gasteiger charge is 2.13. The molecule has 0 aliphatic carbocycles. The summed E-state index contributed by atoms with van der Waals surface area (Å²) in [4.78, 5) is 11.7. The van der Waals surface area contributed by atoms with Crippen molar-refractivity contribution in [1.29, 1.82) is 0 Å². The summed E-state index contributed by atoms with van der Waals surface area (Å²) < 4.78 is 6.13. The van der Waals surface area contributed by atoms with Gasteiger partial charge < -0.3 is 15.1 Å². The zero-order valence-corrected chi connectivity index (χ0v) is 11.2. The van der Waals surface area contributed by atoms with E-state index in [1.807, 2.05) is 22.6 Å². The molecule has 1 heterocycles. The van der Waals surface area contributed by atoms with Crippen LogP contribution in [0.25, 0.3) is 0 Å². The highest BCUT2D eigenvalue weighted by Crippen LogP contribution is 2.19. The van der Waals surface area contributed by atoms with E-state index in [0.29, 0.717) is 10.4 Å². The summed E-state index contributed by atoms with van der Waals surface area (Å²) in [6.45, 7) is 0.0811. The number of hydrogen-bond acceptors (Lipinski definition) is 4. The number of carboxylic acid groups (broad SMARTS) is 1. The van der Waals surface area contributed by atoms with Gasteiger partial charge in [-0.3, -0.25) is 0 Å². The maximum Gasteiger partial charge on any atom is 0.336 e. The van der Waals surface area contributed by atoms with Crippen LogP contribution in [0.2, 0.25) is 0 Å². The van der Waals surface area contributed by atoms with E-state index in [9.17, 15) is 4.79 Å². The van der Waals surface area contributed by atoms with Crippen molar-refractivity contribution in [3.8, 4) is 5.88 Å². The predicted octanol–water partition coefficient (Wildman–Crippen LogP) is 2.00. The van der Waals surface area contributed by atoms with E-state index >= 15 is 0 Å². The van der Waals surface area contributed by atoms with E-state index < -0.39 is 5.97 Å². The fourth-order valence-electron chi connectivity index (χ4n) is 1.43. The van der Waals surface area contributed by atoms with Crippen LogP contribution in [0, 0.1) is 3.57 Å². The van der Waals surface area contributed by atoms with E-state index in [4.69, 9.17) is 15.1 Å². The van der Waals surface area contributed by atoms with Gasteiger partial charge in [0.15, 0.2) is 0 Å². The van der Waals surface area contributed by atoms with Crippen molar-refractivity contribution < 1.29 is 19.8 Å². The van der Waals surface area contributed by atoms with Crippen LogP contribution < -0.4 is 4.74 Å². The molecule has 2 aromatic rings. The van der Waals surface area contributed by atoms with Gasteiger partial charge in [0.25, 0.3) is 0 Å². The van der Waals surface area contributed by atoms with E-state index in [-0.39, 0.29) is 18.1 Å². The van der Waals surface area contributed by atoms with Crippen molar-refractivity contribution in [3.63, 3.8) is 0 Å². The summed E-state index contributed by atoms with van der Waals surface area (Å²) in [5.74, 6) is -0.770. The van der Waals surface area contributed by atoms with Crippen molar-refractivity contribution in [2.24, 2.45) is 0 Å². The normalized spacial score (nSPS) is 10.3. The summed E-state index contributed by atoms with van der Waals surface area (Å²) in [6.07, 6.45) is 1.32. The fraction of sp³-hybridized carbons (Fsp3) is 0.0909. The van der Waals surface area contributed by atoms with Crippen LogP contribution >= 0.6 is 22.6 Å². The van der Waals surface area contributed by atoms with Crippen molar-refractivity contribution >= 4 is 28.6 Å². The van der Waals surface area contributed by atoms with Crippen LogP contribution in [-0.4, -0.2) is 26.2 Å². The van der Waals surface area contributed by atoms with Gasteiger partial charge in [-0.2, -0.15) is 0 Å². The third-order valence-corrected chi connectivity index (χ3v) is 3.28. The monoisotopic (exact) mass is 360 g/mol. The third-order valence-electron chi connectivity index (χ3n) is 2.27. The molecule has 1 aromatic carbocycles. The van der Waals surface area contributed by atoms with Crippen LogP contribution in [0.3, 0.4) is 0 Å². The first-order chi connectivity index (χ1) is 8.58. The first-order valence-corrected chi connectivity index (χ1v) is 6.04. The van der Waals surface area contributed by atoms with Gasteiger partial charge in [-0.05, 0) is 34.7 Å². The molecule has 0 saturated carbocycles. The van der Waals surface area contributed by atoms with Crippen LogP contribution in [-0.2, 0) is 6.61 Å². The van der Waals surface area contributed by atoms with Crippen LogP contribution in [0.5, 0.6) is 5.88 Å². The lowest BCUT2D eigenvalue weighted by Gasteiger charge is -2.08. The van der Waals surface area contributed by atoms with E-state index in [1.54, 1.807) is 12.1 Å². The number of halogens is 1. The number of nitrogens with zero attached hydrogens (tertiary/aromatic N) is 2. The second kappa shape index (κ2) is 5.25. The number of ether oxygens (including phenoxy) is 1. The largest absolute Gasteiger partial charge is 0.478 e. The van der Waals surface area contributed by atoms with E-state index in [2.05, 4.69) is 5.10 Å². The van der Waals surface area contributed by atoms with Crippen LogP contribution in [0.15, 0.2) is 30.5 Å². The molecule has 18 heavy (non-hydrogen) atoms. The summed E-state index contributed by atoms with van der Waals surface area (Å²) in [5.41, 5.74) is 0.781. The fourth-order valence-corrected chi connectivity index (χ4v) is 2.08. The van der Waals surface area contributed by atoms with Gasteiger partial charge in [0.2, 0.25) is 5.88 Å². The lowest BCUT2D eigenvalue weighted by molar-refractivity contribution is 0.0693. The second-order valence-corrected chi connectivity index (χ2v) is 4.60. The highest BCUT2D eigenvalue weighted by molar-refractivity contribution is 14.1. The minimum Gasteiger partial charge on any atom is -0.478 e. The van der Waals surface area contributed by atoms with Gasteiger partial charge in [0.05, 0.1) is 11.8 Å². The molecule has 1 aromatic heterocycles. The molecule has 0 radical (unpaired) electrons. The zero-order chi connectivity index (χ0) is 13.1. The van der Waals surface area contributed by atoms with Gasteiger partial charge in [-0.1, -0.05) is 11.2 Å². The van der Waals surface area contributed by atoms with E-state index in [0.717, 1.165) is 3.57 Å². The molecule has 0 fully saturated rings. The summed E-state index contributed by atoms with van der Waals surface area (Å²) in [6, 6.07) is 6.48. The molecule has 0 spiro atoms. The lowest BCUT2D eigenvalue weighted by atomic mass is 10.1. The Morgan fingerprint density at radius 2 is 2.22 bits per heavy atom. The molecule has 2 N–H and O–H groups in total. The minimum absolute atomic E-state index is 0.0811. The average molecular weight is 360 g/mol. The lowest BCUT2D eigenvalue weighted by Crippen LogP contribution is -2.08. The van der Waals surface area contributed by atoms with Crippen molar-refractivity contribution in [1.82, 2.24) is 9.94 Å². The van der Waals surface area contributed by atoms with E-state index in [1.165, 1.54) is 18.3 Å². The highest BCUT2D eigenvalue weighted by atomic mass is 127. The molecule has 0 saturated heterocycles. The smallest absolute Gasteiger partial charge is 0.336 e. The standard InChI is InChI=1S/C11H9IN2O4/c12-9-3-1-2-7(11(15)16)8(9)6-18-10-4-5-14(17)13-10/h1-5,17H,6H2,(H,15,16). The van der Waals surface area contributed by atoms with Gasteiger partial charge >= 0.3 is 5.97 Å². The molecule has 6 nitrogen and oxygen atoms in total. The second-order valence-electron chi connectivity index (χ2n) is 3.43. The predicted molar refractivity (Wildman–Crippen MR) is 69.9 cm³/mol. The number of benzene rings is 1. The van der Waals surface area contributed by atoms with Crippen molar-refractivity contribution in [3.05, 3.63) is 45.2 Å². The molecule has 7 heteroatoms. The third kappa shape index (κ3) is 2.73. The average Bonchev–Trinajstić information content (AvgIpc) is 2.73. The molecule has 0 aliphatic heterocycles. The molecule has 0 aliphatic rings. The number of carbonyl (C=O) groups is 1. The van der Waals surface area contributed by atoms with Gasteiger partial charge in [-0.15, -0.1) is 4.85 Å². The first kappa shape index (κ1) is 12.7. The Balaban J connectivity index is 2.20. The Hall–Kier alpha value is -1.77. The van der Waals surface area contributed by atoms with Crippen LogP contribution in [0.1, 0.15) is 15.9 Å². The quantitative estimate of drug-likeness (QED) is 0.644. The van der Waals surface area contributed by atoms with Crippen molar-refractivity contribution in [2.45, 2.75) is 6.61 Å². The van der Waals surface area contributed by atoms with Gasteiger partial charge in [0.1, 0.15) is 6.61 Å². The Morgan fingerprint density at radius 3 is 2.83 bits per heavy atom. The molecular formula is C11H9IN2O4. The molecule has 0 bridgehead atoms. The molecule has 0 unspecified atom stereocenters. The molecule has 0 amide bonds. The summed E-state index contributed by atoms with van der Waals surface area (Å²) >= 11 is 2.05. The molecule has 94 valence electrons. The minimum atomic E-state index is -1.00. The van der Waals surface area contributed by atoms with Crippen LogP contribution in [0.4, 0.5) is 0 Å². The molecular weight excluding hydrogens is 351 g/mol. The number of aromatic carboxylic acids is 1. The maximum atomic E-state index is 11.1. The van der Waals surface area contributed by atoms with Gasteiger partial charge in [0, 0.05) is 15.2 Å². The first-order valence-electron chi connectivity index (χ1n) is 4.96. The number of aromatic nitrogens is 2. The topological polar surface area (TPSA) is 84.6 Å².